The molecular formula is C21H21BrN2O4S. The number of fused-ring (bicyclic) bond motifs is 1. The molecule has 1 saturated heterocycles. The molecule has 1 amide bonds. The van der Waals surface area contributed by atoms with Crippen LogP contribution in [0.2, 0.25) is 0 Å². The fraction of sp³-hybridized carbons (Fsp3) is 0.333. The zero-order valence-electron chi connectivity index (χ0n) is 15.9. The van der Waals surface area contributed by atoms with Gasteiger partial charge in [0, 0.05) is 52.5 Å². The molecule has 4 rings (SSSR count). The van der Waals surface area contributed by atoms with Gasteiger partial charge in [-0.2, -0.15) is 0 Å². The Hall–Kier alpha value is -2.16. The highest BCUT2D eigenvalue weighted by molar-refractivity contribution is 9.10. The second kappa shape index (κ2) is 8.69. The summed E-state index contributed by atoms with van der Waals surface area (Å²) in [5.74, 6) is 0.248. The normalized spacial score (nSPS) is 15.5. The van der Waals surface area contributed by atoms with Gasteiger partial charge >= 0.3 is 0 Å². The average molecular weight is 477 g/mol. The van der Waals surface area contributed by atoms with E-state index in [4.69, 9.17) is 9.15 Å². The van der Waals surface area contributed by atoms with Crippen LogP contribution in [0.3, 0.4) is 0 Å². The van der Waals surface area contributed by atoms with E-state index in [2.05, 4.69) is 37.6 Å². The second-order valence-corrected chi connectivity index (χ2v) is 9.00. The van der Waals surface area contributed by atoms with Crippen LogP contribution in [-0.4, -0.2) is 37.0 Å². The van der Waals surface area contributed by atoms with Crippen LogP contribution in [0, 0.1) is 0 Å². The molecule has 0 bridgehead atoms. The molecule has 1 fully saturated rings. The number of nitrogens with zero attached hydrogens (tertiary/aromatic N) is 1. The quantitative estimate of drug-likeness (QED) is 0.601. The lowest BCUT2D eigenvalue weighted by Gasteiger charge is -2.31. The maximum absolute atomic E-state index is 12.6. The van der Waals surface area contributed by atoms with Crippen molar-refractivity contribution in [2.24, 2.45) is 0 Å². The summed E-state index contributed by atoms with van der Waals surface area (Å²) in [6.45, 7) is 2.76. The van der Waals surface area contributed by atoms with Crippen LogP contribution < -0.4 is 15.5 Å². The van der Waals surface area contributed by atoms with Gasteiger partial charge in [-0.1, -0.05) is 0 Å². The fourth-order valence-electron chi connectivity index (χ4n) is 3.52. The van der Waals surface area contributed by atoms with Crippen LogP contribution in [0.25, 0.3) is 11.0 Å². The van der Waals surface area contributed by atoms with Crippen LogP contribution in [0.4, 0.5) is 0 Å². The van der Waals surface area contributed by atoms with E-state index in [0.29, 0.717) is 16.7 Å². The topological polar surface area (TPSA) is 71.8 Å². The number of carbonyl (C=O) groups excluding carboxylic acids is 1. The molecule has 29 heavy (non-hydrogen) atoms. The van der Waals surface area contributed by atoms with E-state index in [1.54, 1.807) is 36.6 Å². The van der Waals surface area contributed by atoms with Gasteiger partial charge in [0.15, 0.2) is 11.2 Å². The van der Waals surface area contributed by atoms with E-state index in [1.807, 2.05) is 0 Å². The van der Waals surface area contributed by atoms with Crippen molar-refractivity contribution in [2.75, 3.05) is 20.2 Å². The van der Waals surface area contributed by atoms with Crippen molar-refractivity contribution in [1.29, 1.82) is 0 Å². The molecule has 1 aliphatic rings. The third kappa shape index (κ3) is 4.71. The number of hydrogen-bond donors (Lipinski definition) is 1. The summed E-state index contributed by atoms with van der Waals surface area (Å²) in [6.07, 6.45) is 1.73. The number of rotatable bonds is 5. The number of carbonyl (C=O) groups is 1. The number of benzene rings is 1. The summed E-state index contributed by atoms with van der Waals surface area (Å²) in [7, 11) is 1.54. The highest BCUT2D eigenvalue weighted by atomic mass is 79.9. The maximum atomic E-state index is 12.6. The minimum absolute atomic E-state index is 0.0293. The molecule has 0 saturated carbocycles. The van der Waals surface area contributed by atoms with E-state index < -0.39 is 0 Å². The van der Waals surface area contributed by atoms with E-state index in [9.17, 15) is 9.59 Å². The Morgan fingerprint density at radius 3 is 2.79 bits per heavy atom. The van der Waals surface area contributed by atoms with Crippen molar-refractivity contribution in [2.45, 2.75) is 25.4 Å². The molecule has 0 spiro atoms. The molecule has 1 aliphatic heterocycles. The Morgan fingerprint density at radius 1 is 1.31 bits per heavy atom. The van der Waals surface area contributed by atoms with E-state index in [-0.39, 0.29) is 23.1 Å². The molecule has 2 aromatic heterocycles. The van der Waals surface area contributed by atoms with E-state index in [0.717, 1.165) is 36.9 Å². The summed E-state index contributed by atoms with van der Waals surface area (Å²) < 4.78 is 12.0. The molecule has 8 heteroatoms. The molecule has 6 nitrogen and oxygen atoms in total. The van der Waals surface area contributed by atoms with Crippen LogP contribution in [0.15, 0.2) is 49.4 Å². The smallest absolute Gasteiger partial charge is 0.287 e. The first kappa shape index (κ1) is 20.1. The molecule has 0 radical (unpaired) electrons. The minimum atomic E-state index is -0.354. The molecule has 3 aromatic rings. The minimum Gasteiger partial charge on any atom is -0.497 e. The van der Waals surface area contributed by atoms with Gasteiger partial charge in [0.2, 0.25) is 0 Å². The predicted molar refractivity (Wildman–Crippen MR) is 117 cm³/mol. The van der Waals surface area contributed by atoms with Gasteiger partial charge < -0.3 is 14.5 Å². The molecule has 1 N–H and O–H groups in total. The summed E-state index contributed by atoms with van der Waals surface area (Å²) in [5, 5.41) is 5.53. The number of thiophene rings is 1. The number of nitrogens with one attached hydrogen (secondary N) is 1. The Bertz CT molecular complexity index is 1090. The Labute approximate surface area is 180 Å². The summed E-state index contributed by atoms with van der Waals surface area (Å²) in [5.41, 5.74) is 0.106. The maximum Gasteiger partial charge on any atom is 0.287 e. The SMILES string of the molecule is COc1ccc2c(=O)cc(C(=O)NC3CCN(Cc4cc(Br)cs4)CC3)oc2c1. The Balaban J connectivity index is 1.39. The zero-order chi connectivity index (χ0) is 20.4. The monoisotopic (exact) mass is 476 g/mol. The average Bonchev–Trinajstić information content (AvgIpc) is 3.13. The van der Waals surface area contributed by atoms with Crippen molar-refractivity contribution >= 4 is 44.1 Å². The van der Waals surface area contributed by atoms with Crippen molar-refractivity contribution in [3.05, 3.63) is 61.0 Å². The lowest BCUT2D eigenvalue weighted by molar-refractivity contribution is 0.0882. The molecule has 152 valence electrons. The van der Waals surface area contributed by atoms with Crippen molar-refractivity contribution in [3.63, 3.8) is 0 Å². The summed E-state index contributed by atoms with van der Waals surface area (Å²) in [4.78, 5) is 28.7. The van der Waals surface area contributed by atoms with Crippen LogP contribution in [0.5, 0.6) is 5.75 Å². The number of halogens is 1. The number of hydrogen-bond acceptors (Lipinski definition) is 6. The van der Waals surface area contributed by atoms with Crippen molar-refractivity contribution in [1.82, 2.24) is 10.2 Å². The highest BCUT2D eigenvalue weighted by Gasteiger charge is 2.23. The van der Waals surface area contributed by atoms with Gasteiger partial charge in [-0.3, -0.25) is 14.5 Å². The fourth-order valence-corrected chi connectivity index (χ4v) is 5.02. The lowest BCUT2D eigenvalue weighted by atomic mass is 10.0. The molecule has 0 aliphatic carbocycles. The van der Waals surface area contributed by atoms with Crippen LogP contribution in [-0.2, 0) is 6.54 Å². The van der Waals surface area contributed by atoms with Crippen molar-refractivity contribution < 1.29 is 13.9 Å². The summed E-state index contributed by atoms with van der Waals surface area (Å²) in [6, 6.07) is 8.43. The van der Waals surface area contributed by atoms with E-state index >= 15 is 0 Å². The third-order valence-corrected chi connectivity index (χ3v) is 6.77. The van der Waals surface area contributed by atoms with Crippen molar-refractivity contribution in [3.8, 4) is 5.75 Å². The molecule has 0 unspecified atom stereocenters. The Kier molecular flexibility index (Phi) is 6.03. The van der Waals surface area contributed by atoms with Gasteiger partial charge in [-0.05, 0) is 47.0 Å². The number of piperidine rings is 1. The molecule has 1 aromatic carbocycles. The molecule has 0 atom stereocenters. The number of methoxy groups -OCH3 is 1. The Morgan fingerprint density at radius 2 is 2.10 bits per heavy atom. The highest BCUT2D eigenvalue weighted by Crippen LogP contribution is 2.23. The van der Waals surface area contributed by atoms with Gasteiger partial charge in [0.05, 0.1) is 12.5 Å². The van der Waals surface area contributed by atoms with Gasteiger partial charge in [-0.15, -0.1) is 11.3 Å². The molecular weight excluding hydrogens is 456 g/mol. The number of ether oxygens (including phenoxy) is 1. The van der Waals surface area contributed by atoms with Gasteiger partial charge in [0.1, 0.15) is 11.3 Å². The predicted octanol–water partition coefficient (Wildman–Crippen LogP) is 4.02. The zero-order valence-corrected chi connectivity index (χ0v) is 18.3. The third-order valence-electron chi connectivity index (χ3n) is 5.08. The largest absolute Gasteiger partial charge is 0.497 e. The first-order valence-corrected chi connectivity index (χ1v) is 11.1. The lowest BCUT2D eigenvalue weighted by Crippen LogP contribution is -2.44. The van der Waals surface area contributed by atoms with E-state index in [1.165, 1.54) is 10.9 Å². The standard InChI is InChI=1S/C21H21BrN2O4S/c1-27-15-2-3-17-18(25)10-20(28-19(17)9-15)21(26)23-14-4-6-24(7-5-14)11-16-8-13(22)12-29-16/h2-3,8-10,12,14H,4-7,11H2,1H3,(H,23,26). The number of likely N-dealkylation sites (tertiary alicyclic amines) is 1. The second-order valence-electron chi connectivity index (χ2n) is 7.09. The first-order valence-electron chi connectivity index (χ1n) is 9.40. The van der Waals surface area contributed by atoms with Crippen LogP contribution >= 0.6 is 27.3 Å². The first-order chi connectivity index (χ1) is 14.0. The molecule has 3 heterocycles. The van der Waals surface area contributed by atoms with Gasteiger partial charge in [0.25, 0.3) is 5.91 Å². The number of amides is 1. The summed E-state index contributed by atoms with van der Waals surface area (Å²) >= 11 is 5.24. The van der Waals surface area contributed by atoms with Crippen LogP contribution in [0.1, 0.15) is 28.3 Å². The van der Waals surface area contributed by atoms with Gasteiger partial charge in [-0.25, -0.2) is 0 Å².